The normalized spacial score (nSPS) is 22.7. The highest BCUT2D eigenvalue weighted by Gasteiger charge is 2.63. The molecule has 1 aliphatic rings. The maximum absolute atomic E-state index is 12.4. The van der Waals surface area contributed by atoms with Crippen molar-refractivity contribution in [3.05, 3.63) is 0 Å². The summed E-state index contributed by atoms with van der Waals surface area (Å²) in [6, 6.07) is 0. The third-order valence-electron chi connectivity index (χ3n) is 2.69. The molecular weight excluding hydrogens is 169 g/mol. The summed E-state index contributed by atoms with van der Waals surface area (Å²) in [6.07, 6.45) is -4.88. The van der Waals surface area contributed by atoms with E-state index in [9.17, 15) is 18.0 Å². The zero-order chi connectivity index (χ0) is 9.57. The largest absolute Gasteiger partial charge is 0.395 e. The van der Waals surface area contributed by atoms with Gasteiger partial charge in [0.05, 0.1) is 5.41 Å². The summed E-state index contributed by atoms with van der Waals surface area (Å²) in [6.45, 7) is 3.03. The molecule has 4 heteroatoms. The molecule has 0 aromatic heterocycles. The van der Waals surface area contributed by atoms with E-state index in [1.54, 1.807) is 0 Å². The fourth-order valence-electron chi connectivity index (χ4n) is 1.59. The molecule has 12 heavy (non-hydrogen) atoms. The second-order valence-corrected chi connectivity index (χ2v) is 3.70. The molecule has 0 amide bonds. The summed E-state index contributed by atoms with van der Waals surface area (Å²) in [5.74, 6) is -0.781. The Morgan fingerprint density at radius 3 is 1.83 bits per heavy atom. The van der Waals surface area contributed by atoms with Crippen LogP contribution in [0.4, 0.5) is 13.2 Å². The smallest absolute Gasteiger partial charge is 0.300 e. The van der Waals surface area contributed by atoms with Gasteiger partial charge in [-0.2, -0.15) is 13.2 Å². The summed E-state index contributed by atoms with van der Waals surface area (Å²) < 4.78 is 37.3. The molecule has 1 rings (SSSR count). The Kier molecular flexibility index (Phi) is 1.97. The van der Waals surface area contributed by atoms with Gasteiger partial charge in [-0.3, -0.25) is 4.79 Å². The maximum atomic E-state index is 12.4. The molecule has 0 N–H and O–H groups in total. The molecule has 0 spiro atoms. The molecule has 0 bridgehead atoms. The van der Waals surface area contributed by atoms with Gasteiger partial charge in [-0.15, -0.1) is 0 Å². The van der Waals surface area contributed by atoms with Crippen LogP contribution in [0.1, 0.15) is 26.7 Å². The van der Waals surface area contributed by atoms with Gasteiger partial charge in [0.1, 0.15) is 5.78 Å². The summed E-state index contributed by atoms with van der Waals surface area (Å²) in [4.78, 5) is 10.6. The van der Waals surface area contributed by atoms with Crippen molar-refractivity contribution in [1.29, 1.82) is 0 Å². The van der Waals surface area contributed by atoms with Crippen LogP contribution in [0.15, 0.2) is 0 Å². The number of rotatable bonds is 1. The van der Waals surface area contributed by atoms with Gasteiger partial charge in [-0.25, -0.2) is 0 Å². The molecule has 0 radical (unpaired) electrons. The third-order valence-corrected chi connectivity index (χ3v) is 2.69. The standard InChI is InChI=1S/C8H11F3O/c1-5(2)7(8(9,10)11)3-6(12)4-7/h5H,3-4H2,1-2H3. The van der Waals surface area contributed by atoms with E-state index in [1.807, 2.05) is 0 Å². The van der Waals surface area contributed by atoms with Crippen LogP contribution in [0.25, 0.3) is 0 Å². The van der Waals surface area contributed by atoms with Crippen LogP contribution in [0.3, 0.4) is 0 Å². The summed E-state index contributed by atoms with van der Waals surface area (Å²) in [5, 5.41) is 0. The molecule has 0 aromatic rings. The predicted molar refractivity (Wildman–Crippen MR) is 37.6 cm³/mol. The maximum Gasteiger partial charge on any atom is 0.395 e. The zero-order valence-corrected chi connectivity index (χ0v) is 7.03. The molecule has 1 saturated carbocycles. The van der Waals surface area contributed by atoms with Crippen molar-refractivity contribution in [3.63, 3.8) is 0 Å². The zero-order valence-electron chi connectivity index (χ0n) is 7.03. The minimum Gasteiger partial charge on any atom is -0.300 e. The van der Waals surface area contributed by atoms with Crippen LogP contribution in [0.2, 0.25) is 0 Å². The first kappa shape index (κ1) is 9.55. The highest BCUT2D eigenvalue weighted by atomic mass is 19.4. The fourth-order valence-corrected chi connectivity index (χ4v) is 1.59. The fraction of sp³-hybridized carbons (Fsp3) is 0.875. The number of alkyl halides is 3. The number of Topliss-reactive ketones (excluding diaryl/α,β-unsaturated/α-hetero) is 1. The molecular formula is C8H11F3O. The third kappa shape index (κ3) is 1.13. The Labute approximate surface area is 68.9 Å². The van der Waals surface area contributed by atoms with Crippen LogP contribution in [0.5, 0.6) is 0 Å². The van der Waals surface area contributed by atoms with Gasteiger partial charge in [0.2, 0.25) is 0 Å². The van der Waals surface area contributed by atoms with Crippen LogP contribution in [-0.2, 0) is 4.79 Å². The lowest BCUT2D eigenvalue weighted by molar-refractivity contribution is -0.258. The molecule has 0 aliphatic heterocycles. The second-order valence-electron chi connectivity index (χ2n) is 3.70. The molecule has 1 aliphatic carbocycles. The van der Waals surface area contributed by atoms with E-state index in [1.165, 1.54) is 13.8 Å². The number of ketones is 1. The lowest BCUT2D eigenvalue weighted by atomic mass is 9.61. The quantitative estimate of drug-likeness (QED) is 0.606. The Bertz CT molecular complexity index is 197. The van der Waals surface area contributed by atoms with Gasteiger partial charge in [-0.05, 0) is 5.92 Å². The first-order valence-corrected chi connectivity index (χ1v) is 3.88. The number of hydrogen-bond acceptors (Lipinski definition) is 1. The summed E-state index contributed by atoms with van der Waals surface area (Å²) >= 11 is 0. The number of carbonyl (C=O) groups excluding carboxylic acids is 1. The van der Waals surface area contributed by atoms with Crippen molar-refractivity contribution in [2.75, 3.05) is 0 Å². The molecule has 0 atom stereocenters. The van der Waals surface area contributed by atoms with Gasteiger partial charge in [0.25, 0.3) is 0 Å². The van der Waals surface area contributed by atoms with E-state index in [0.29, 0.717) is 0 Å². The SMILES string of the molecule is CC(C)C1(C(F)(F)F)CC(=O)C1. The van der Waals surface area contributed by atoms with Gasteiger partial charge in [0, 0.05) is 12.8 Å². The first-order chi connectivity index (χ1) is 5.29. The minimum absolute atomic E-state index is 0.277. The second kappa shape index (κ2) is 2.47. The van der Waals surface area contributed by atoms with Crippen molar-refractivity contribution in [1.82, 2.24) is 0 Å². The summed E-state index contributed by atoms with van der Waals surface area (Å²) in [5.41, 5.74) is -1.72. The minimum atomic E-state index is -4.23. The van der Waals surface area contributed by atoms with E-state index in [2.05, 4.69) is 0 Å². The van der Waals surface area contributed by atoms with Crippen molar-refractivity contribution < 1.29 is 18.0 Å². The molecule has 1 nitrogen and oxygen atoms in total. The molecule has 0 aromatic carbocycles. The molecule has 1 fully saturated rings. The van der Waals surface area contributed by atoms with E-state index in [-0.39, 0.29) is 18.6 Å². The number of hydrogen-bond donors (Lipinski definition) is 0. The molecule has 0 saturated heterocycles. The highest BCUT2D eigenvalue weighted by molar-refractivity contribution is 5.86. The van der Waals surface area contributed by atoms with Crippen LogP contribution >= 0.6 is 0 Å². The summed E-state index contributed by atoms with van der Waals surface area (Å²) in [7, 11) is 0. The molecule has 0 heterocycles. The molecule has 70 valence electrons. The van der Waals surface area contributed by atoms with Gasteiger partial charge in [0.15, 0.2) is 0 Å². The van der Waals surface area contributed by atoms with E-state index < -0.39 is 17.5 Å². The van der Waals surface area contributed by atoms with Crippen LogP contribution < -0.4 is 0 Å². The van der Waals surface area contributed by atoms with Crippen molar-refractivity contribution >= 4 is 5.78 Å². The van der Waals surface area contributed by atoms with Crippen molar-refractivity contribution in [2.45, 2.75) is 32.9 Å². The predicted octanol–water partition coefficient (Wildman–Crippen LogP) is 2.55. The number of halogens is 3. The Hall–Kier alpha value is -0.540. The van der Waals surface area contributed by atoms with Crippen molar-refractivity contribution in [2.24, 2.45) is 11.3 Å². The first-order valence-electron chi connectivity index (χ1n) is 3.88. The monoisotopic (exact) mass is 180 g/mol. The lowest BCUT2D eigenvalue weighted by Gasteiger charge is -2.44. The van der Waals surface area contributed by atoms with E-state index in [4.69, 9.17) is 0 Å². The average Bonchev–Trinajstić information content (AvgIpc) is 1.76. The van der Waals surface area contributed by atoms with Crippen LogP contribution in [0, 0.1) is 11.3 Å². The van der Waals surface area contributed by atoms with E-state index >= 15 is 0 Å². The van der Waals surface area contributed by atoms with E-state index in [0.717, 1.165) is 0 Å². The van der Waals surface area contributed by atoms with Gasteiger partial charge < -0.3 is 0 Å². The highest BCUT2D eigenvalue weighted by Crippen LogP contribution is 2.55. The number of carbonyl (C=O) groups is 1. The Morgan fingerprint density at radius 1 is 1.33 bits per heavy atom. The topological polar surface area (TPSA) is 17.1 Å². The van der Waals surface area contributed by atoms with Crippen LogP contribution in [-0.4, -0.2) is 12.0 Å². The Morgan fingerprint density at radius 2 is 1.75 bits per heavy atom. The van der Waals surface area contributed by atoms with Crippen molar-refractivity contribution in [3.8, 4) is 0 Å². The average molecular weight is 180 g/mol. The Balaban J connectivity index is 2.84. The molecule has 0 unspecified atom stereocenters. The lowest BCUT2D eigenvalue weighted by Crippen LogP contribution is -2.52. The van der Waals surface area contributed by atoms with Gasteiger partial charge in [-0.1, -0.05) is 13.8 Å². The van der Waals surface area contributed by atoms with Gasteiger partial charge >= 0.3 is 6.18 Å².